The van der Waals surface area contributed by atoms with Gasteiger partial charge >= 0.3 is 0 Å². The molecule has 0 saturated heterocycles. The van der Waals surface area contributed by atoms with Crippen LogP contribution in [0, 0.1) is 12.3 Å². The minimum absolute atomic E-state index is 0.282. The monoisotopic (exact) mass is 161 g/mol. The van der Waals surface area contributed by atoms with E-state index in [1.54, 1.807) is 25.3 Å². The number of hydrogen-bond donors (Lipinski definition) is 1. The quantitative estimate of drug-likeness (QED) is 0.663. The fourth-order valence-electron chi connectivity index (χ4n) is 0.971. The van der Waals surface area contributed by atoms with E-state index in [0.29, 0.717) is 5.69 Å². The van der Waals surface area contributed by atoms with Crippen molar-refractivity contribution in [2.24, 2.45) is 0 Å². The number of terminal acetylenes is 1. The second-order valence-electron chi connectivity index (χ2n) is 2.87. The standard InChI is InChI=1S/C10H11NO/c1-3-7-10(2,12)9-6-4-5-8-11-9/h1,4-6,8,12H,7H2,2H3. The van der Waals surface area contributed by atoms with E-state index in [2.05, 4.69) is 10.9 Å². The summed E-state index contributed by atoms with van der Waals surface area (Å²) in [6.07, 6.45) is 7.04. The minimum atomic E-state index is -1.00. The lowest BCUT2D eigenvalue weighted by Crippen LogP contribution is -2.21. The Morgan fingerprint density at radius 2 is 2.42 bits per heavy atom. The summed E-state index contributed by atoms with van der Waals surface area (Å²) >= 11 is 0. The van der Waals surface area contributed by atoms with Crippen molar-refractivity contribution < 1.29 is 5.11 Å². The minimum Gasteiger partial charge on any atom is -0.383 e. The van der Waals surface area contributed by atoms with E-state index in [0.717, 1.165) is 0 Å². The first-order chi connectivity index (χ1) is 5.67. The van der Waals surface area contributed by atoms with E-state index < -0.39 is 5.60 Å². The lowest BCUT2D eigenvalue weighted by atomic mass is 9.98. The highest BCUT2D eigenvalue weighted by atomic mass is 16.3. The van der Waals surface area contributed by atoms with Crippen LogP contribution < -0.4 is 0 Å². The molecule has 0 aliphatic rings. The number of rotatable bonds is 2. The molecule has 0 radical (unpaired) electrons. The van der Waals surface area contributed by atoms with Crippen LogP contribution in [0.5, 0.6) is 0 Å². The molecule has 1 rings (SSSR count). The van der Waals surface area contributed by atoms with Gasteiger partial charge in [-0.15, -0.1) is 12.3 Å². The molecule has 1 unspecified atom stereocenters. The van der Waals surface area contributed by atoms with Crippen molar-refractivity contribution in [2.45, 2.75) is 18.9 Å². The maximum Gasteiger partial charge on any atom is 0.114 e. The lowest BCUT2D eigenvalue weighted by Gasteiger charge is -2.19. The van der Waals surface area contributed by atoms with Gasteiger partial charge in [0.25, 0.3) is 0 Å². The van der Waals surface area contributed by atoms with Crippen molar-refractivity contribution in [1.82, 2.24) is 4.98 Å². The summed E-state index contributed by atoms with van der Waals surface area (Å²) < 4.78 is 0. The van der Waals surface area contributed by atoms with Crippen molar-refractivity contribution in [3.63, 3.8) is 0 Å². The zero-order valence-electron chi connectivity index (χ0n) is 6.99. The van der Waals surface area contributed by atoms with Gasteiger partial charge in [0, 0.05) is 12.6 Å². The molecule has 62 valence electrons. The Bertz CT molecular complexity index is 284. The molecule has 1 heterocycles. The molecule has 0 aromatic carbocycles. The highest BCUT2D eigenvalue weighted by Gasteiger charge is 2.22. The molecular formula is C10H11NO. The number of nitrogens with zero attached hydrogens (tertiary/aromatic N) is 1. The summed E-state index contributed by atoms with van der Waals surface area (Å²) in [5.41, 5.74) is -0.390. The Hall–Kier alpha value is -1.33. The Morgan fingerprint density at radius 3 is 2.92 bits per heavy atom. The van der Waals surface area contributed by atoms with Crippen molar-refractivity contribution >= 4 is 0 Å². The van der Waals surface area contributed by atoms with Gasteiger partial charge in [-0.2, -0.15) is 0 Å². The van der Waals surface area contributed by atoms with Crippen LogP contribution in [0.15, 0.2) is 24.4 Å². The molecule has 0 bridgehead atoms. The van der Waals surface area contributed by atoms with Gasteiger partial charge in [0.2, 0.25) is 0 Å². The molecule has 12 heavy (non-hydrogen) atoms. The molecule has 0 aliphatic carbocycles. The third kappa shape index (κ3) is 1.84. The first-order valence-electron chi connectivity index (χ1n) is 3.74. The molecule has 0 fully saturated rings. The fraction of sp³-hybridized carbons (Fsp3) is 0.300. The third-order valence-corrected chi connectivity index (χ3v) is 1.66. The molecule has 2 heteroatoms. The smallest absolute Gasteiger partial charge is 0.114 e. The van der Waals surface area contributed by atoms with E-state index in [4.69, 9.17) is 6.42 Å². The third-order valence-electron chi connectivity index (χ3n) is 1.66. The molecule has 0 aliphatic heterocycles. The first kappa shape index (κ1) is 8.76. The normalized spacial score (nSPS) is 14.8. The van der Waals surface area contributed by atoms with E-state index in [-0.39, 0.29) is 6.42 Å². The van der Waals surface area contributed by atoms with Gasteiger partial charge < -0.3 is 5.11 Å². The lowest BCUT2D eigenvalue weighted by molar-refractivity contribution is 0.0583. The molecule has 0 amide bonds. The number of pyridine rings is 1. The summed E-state index contributed by atoms with van der Waals surface area (Å²) in [5.74, 6) is 2.42. The number of aliphatic hydroxyl groups is 1. The van der Waals surface area contributed by atoms with Gasteiger partial charge in [-0.05, 0) is 19.1 Å². The van der Waals surface area contributed by atoms with Crippen molar-refractivity contribution in [1.29, 1.82) is 0 Å². The summed E-state index contributed by atoms with van der Waals surface area (Å²) in [4.78, 5) is 4.02. The van der Waals surface area contributed by atoms with Crippen molar-refractivity contribution in [3.8, 4) is 12.3 Å². The predicted octanol–water partition coefficient (Wildman–Crippen LogP) is 1.31. The van der Waals surface area contributed by atoms with Crippen LogP contribution in [0.4, 0.5) is 0 Å². The second-order valence-corrected chi connectivity index (χ2v) is 2.87. The van der Waals surface area contributed by atoms with Gasteiger partial charge in [0.1, 0.15) is 5.60 Å². The average molecular weight is 161 g/mol. The van der Waals surface area contributed by atoms with Crippen LogP contribution in [0.1, 0.15) is 19.0 Å². The van der Waals surface area contributed by atoms with Crippen LogP contribution in [-0.2, 0) is 5.60 Å². The molecule has 1 N–H and O–H groups in total. The molecule has 1 atom stereocenters. The second kappa shape index (κ2) is 3.38. The van der Waals surface area contributed by atoms with E-state index in [9.17, 15) is 5.11 Å². The largest absolute Gasteiger partial charge is 0.383 e. The summed E-state index contributed by atoms with van der Waals surface area (Å²) in [6, 6.07) is 5.39. The van der Waals surface area contributed by atoms with Crippen LogP contribution in [0.3, 0.4) is 0 Å². The summed E-state index contributed by atoms with van der Waals surface area (Å²) in [7, 11) is 0. The Morgan fingerprint density at radius 1 is 1.67 bits per heavy atom. The van der Waals surface area contributed by atoms with Gasteiger partial charge in [-0.25, -0.2) is 0 Å². The van der Waals surface area contributed by atoms with Crippen LogP contribution in [0.2, 0.25) is 0 Å². The maximum atomic E-state index is 9.78. The van der Waals surface area contributed by atoms with E-state index in [1.165, 1.54) is 0 Å². The van der Waals surface area contributed by atoms with Crippen molar-refractivity contribution in [2.75, 3.05) is 0 Å². The number of aromatic nitrogens is 1. The molecule has 0 saturated carbocycles. The van der Waals surface area contributed by atoms with Gasteiger partial charge in [-0.3, -0.25) is 4.98 Å². The Kier molecular flexibility index (Phi) is 2.47. The molecule has 0 spiro atoms. The van der Waals surface area contributed by atoms with Crippen LogP contribution in [0.25, 0.3) is 0 Å². The molecular weight excluding hydrogens is 150 g/mol. The fourth-order valence-corrected chi connectivity index (χ4v) is 0.971. The van der Waals surface area contributed by atoms with Gasteiger partial charge in [0.05, 0.1) is 5.69 Å². The highest BCUT2D eigenvalue weighted by molar-refractivity contribution is 5.14. The van der Waals surface area contributed by atoms with E-state index in [1.807, 2.05) is 6.07 Å². The van der Waals surface area contributed by atoms with Crippen LogP contribution >= 0.6 is 0 Å². The molecule has 2 nitrogen and oxygen atoms in total. The van der Waals surface area contributed by atoms with Crippen molar-refractivity contribution in [3.05, 3.63) is 30.1 Å². The van der Waals surface area contributed by atoms with E-state index >= 15 is 0 Å². The SMILES string of the molecule is C#CCC(C)(O)c1ccccn1. The molecule has 1 aromatic rings. The van der Waals surface area contributed by atoms with Gasteiger partial charge in [0.15, 0.2) is 0 Å². The van der Waals surface area contributed by atoms with Gasteiger partial charge in [-0.1, -0.05) is 6.07 Å². The number of hydrogen-bond acceptors (Lipinski definition) is 2. The first-order valence-corrected chi connectivity index (χ1v) is 3.74. The summed E-state index contributed by atoms with van der Waals surface area (Å²) in [6.45, 7) is 1.66. The topological polar surface area (TPSA) is 33.1 Å². The highest BCUT2D eigenvalue weighted by Crippen LogP contribution is 2.20. The Balaban J connectivity index is 2.91. The summed E-state index contributed by atoms with van der Waals surface area (Å²) in [5, 5.41) is 9.78. The maximum absolute atomic E-state index is 9.78. The zero-order valence-corrected chi connectivity index (χ0v) is 6.99. The molecule has 1 aromatic heterocycles. The predicted molar refractivity (Wildman–Crippen MR) is 47.3 cm³/mol. The average Bonchev–Trinajstić information content (AvgIpc) is 2.06. The Labute approximate surface area is 72.3 Å². The zero-order chi connectivity index (χ0) is 9.03. The van der Waals surface area contributed by atoms with Crippen LogP contribution in [-0.4, -0.2) is 10.1 Å².